The Balaban J connectivity index is 3.86. The van der Waals surface area contributed by atoms with Crippen molar-refractivity contribution in [1.82, 2.24) is 5.06 Å². The quantitative estimate of drug-likeness (QED) is 0.258. The van der Waals surface area contributed by atoms with Crippen molar-refractivity contribution in [2.45, 2.75) is 90.5 Å². The van der Waals surface area contributed by atoms with Crippen LogP contribution in [0.1, 0.15) is 84.5 Å². The number of hydrogen-bond acceptors (Lipinski definition) is 5. The van der Waals surface area contributed by atoms with Gasteiger partial charge in [-0.15, -0.1) is 9.98 Å². The summed E-state index contributed by atoms with van der Waals surface area (Å²) in [6, 6.07) is 0.400. The lowest BCUT2D eigenvalue weighted by atomic mass is 10.1. The number of nitrogens with two attached hydrogens (primary N) is 2. The van der Waals surface area contributed by atoms with Gasteiger partial charge in [0.15, 0.2) is 0 Å². The van der Waals surface area contributed by atoms with Crippen LogP contribution >= 0.6 is 0 Å². The second-order valence-electron chi connectivity index (χ2n) is 5.78. The number of rotatable bonds is 16. The monoisotopic (exact) mass is 303 g/mol. The molecule has 5 nitrogen and oxygen atoms in total. The third-order valence-corrected chi connectivity index (χ3v) is 3.99. The zero-order valence-corrected chi connectivity index (χ0v) is 14.2. The predicted octanol–water partition coefficient (Wildman–Crippen LogP) is 3.68. The lowest BCUT2D eigenvalue weighted by Crippen LogP contribution is -2.36. The van der Waals surface area contributed by atoms with Gasteiger partial charge in [-0.3, -0.25) is 0 Å². The molecule has 0 saturated heterocycles. The Morgan fingerprint density at radius 1 is 0.905 bits per heavy atom. The minimum absolute atomic E-state index is 0.400. The first-order valence-electron chi connectivity index (χ1n) is 8.80. The highest BCUT2D eigenvalue weighted by molar-refractivity contribution is 4.64. The number of nitrogens with zero attached hydrogens (tertiary/aromatic N) is 1. The highest BCUT2D eigenvalue weighted by atomic mass is 17.3. The molecular formula is C16H37N3O2. The van der Waals surface area contributed by atoms with Crippen molar-refractivity contribution in [1.29, 1.82) is 0 Å². The van der Waals surface area contributed by atoms with E-state index in [1.807, 2.05) is 5.06 Å². The molecule has 0 rings (SSSR count). The van der Waals surface area contributed by atoms with Crippen LogP contribution in [0.5, 0.6) is 0 Å². The Labute approximate surface area is 131 Å². The maximum atomic E-state index is 5.49. The van der Waals surface area contributed by atoms with Crippen molar-refractivity contribution >= 4 is 0 Å². The van der Waals surface area contributed by atoms with Gasteiger partial charge in [-0.25, -0.2) is 0 Å². The lowest BCUT2D eigenvalue weighted by Gasteiger charge is -2.27. The molecule has 0 saturated carbocycles. The van der Waals surface area contributed by atoms with Gasteiger partial charge >= 0.3 is 0 Å². The molecule has 0 aromatic rings. The Morgan fingerprint density at radius 3 is 2.14 bits per heavy atom. The first-order chi connectivity index (χ1) is 10.3. The SMILES string of the molecule is CCCCCC(CC)N(CCCCCCCCN)OON. The summed E-state index contributed by atoms with van der Waals surface area (Å²) in [5.41, 5.74) is 5.49. The van der Waals surface area contributed by atoms with Gasteiger partial charge in [0.25, 0.3) is 0 Å². The van der Waals surface area contributed by atoms with E-state index in [1.54, 1.807) is 0 Å². The third-order valence-electron chi connectivity index (χ3n) is 3.99. The van der Waals surface area contributed by atoms with Gasteiger partial charge in [0.2, 0.25) is 0 Å². The summed E-state index contributed by atoms with van der Waals surface area (Å²) >= 11 is 0. The fourth-order valence-electron chi connectivity index (χ4n) is 2.64. The van der Waals surface area contributed by atoms with Crippen LogP contribution in [0.3, 0.4) is 0 Å². The fraction of sp³-hybridized carbons (Fsp3) is 1.00. The Bertz CT molecular complexity index is 206. The molecule has 0 spiro atoms. The van der Waals surface area contributed by atoms with Gasteiger partial charge in [-0.1, -0.05) is 58.8 Å². The van der Waals surface area contributed by atoms with Gasteiger partial charge in [0.05, 0.1) is 0 Å². The summed E-state index contributed by atoms with van der Waals surface area (Å²) in [4.78, 5) is 9.58. The summed E-state index contributed by atoms with van der Waals surface area (Å²) in [5, 5.41) is 1.93. The molecular weight excluding hydrogens is 266 g/mol. The summed E-state index contributed by atoms with van der Waals surface area (Å²) in [6.45, 7) is 6.11. The van der Waals surface area contributed by atoms with Gasteiger partial charge in [-0.2, -0.15) is 11.0 Å². The Hall–Kier alpha value is -0.200. The molecule has 0 aromatic heterocycles. The molecule has 0 bridgehead atoms. The van der Waals surface area contributed by atoms with Crippen LogP contribution in [-0.4, -0.2) is 24.2 Å². The first kappa shape index (κ1) is 20.8. The normalized spacial score (nSPS) is 13.0. The van der Waals surface area contributed by atoms with E-state index in [0.717, 1.165) is 38.8 Å². The van der Waals surface area contributed by atoms with E-state index < -0.39 is 0 Å². The number of hydroxylamine groups is 2. The molecule has 1 atom stereocenters. The maximum absolute atomic E-state index is 5.49. The van der Waals surface area contributed by atoms with Gasteiger partial charge < -0.3 is 5.73 Å². The van der Waals surface area contributed by atoms with Crippen LogP contribution in [0.4, 0.5) is 0 Å². The largest absolute Gasteiger partial charge is 0.330 e. The molecule has 5 heteroatoms. The first-order valence-corrected chi connectivity index (χ1v) is 8.80. The van der Waals surface area contributed by atoms with E-state index in [0.29, 0.717) is 6.04 Å². The van der Waals surface area contributed by atoms with Crippen molar-refractivity contribution in [3.8, 4) is 0 Å². The summed E-state index contributed by atoms with van der Waals surface area (Å²) < 4.78 is 0. The minimum Gasteiger partial charge on any atom is -0.330 e. The molecule has 0 aliphatic carbocycles. The van der Waals surface area contributed by atoms with Gasteiger partial charge in [0, 0.05) is 12.6 Å². The molecule has 128 valence electrons. The topological polar surface area (TPSA) is 73.7 Å². The summed E-state index contributed by atoms with van der Waals surface area (Å²) in [6.07, 6.45) is 13.2. The summed E-state index contributed by atoms with van der Waals surface area (Å²) in [7, 11) is 0. The maximum Gasteiger partial charge on any atom is 0.0380 e. The number of unbranched alkanes of at least 4 members (excludes halogenated alkanes) is 7. The van der Waals surface area contributed by atoms with Gasteiger partial charge in [-0.05, 0) is 32.2 Å². The highest BCUT2D eigenvalue weighted by Gasteiger charge is 2.17. The molecule has 0 amide bonds. The molecule has 0 aliphatic heterocycles. The molecule has 0 aromatic carbocycles. The van der Waals surface area contributed by atoms with E-state index in [-0.39, 0.29) is 0 Å². The average molecular weight is 303 g/mol. The van der Waals surface area contributed by atoms with Crippen LogP contribution in [0.25, 0.3) is 0 Å². The van der Waals surface area contributed by atoms with Crippen LogP contribution in [-0.2, 0) is 9.98 Å². The number of hydrogen-bond donors (Lipinski definition) is 2. The fourth-order valence-corrected chi connectivity index (χ4v) is 2.64. The smallest absolute Gasteiger partial charge is 0.0380 e. The van der Waals surface area contributed by atoms with E-state index >= 15 is 0 Å². The van der Waals surface area contributed by atoms with Crippen LogP contribution in [0, 0.1) is 0 Å². The van der Waals surface area contributed by atoms with Crippen molar-refractivity contribution in [2.24, 2.45) is 11.6 Å². The Morgan fingerprint density at radius 2 is 1.57 bits per heavy atom. The molecule has 21 heavy (non-hydrogen) atoms. The lowest BCUT2D eigenvalue weighted by molar-refractivity contribution is -0.441. The van der Waals surface area contributed by atoms with Crippen LogP contribution < -0.4 is 11.6 Å². The van der Waals surface area contributed by atoms with E-state index in [2.05, 4.69) is 18.8 Å². The molecule has 4 N–H and O–H groups in total. The van der Waals surface area contributed by atoms with E-state index in [4.69, 9.17) is 16.6 Å². The molecule has 0 heterocycles. The zero-order valence-electron chi connectivity index (χ0n) is 14.2. The molecule has 0 aliphatic rings. The Kier molecular flexibility index (Phi) is 16.0. The highest BCUT2D eigenvalue weighted by Crippen LogP contribution is 2.15. The van der Waals surface area contributed by atoms with Crippen molar-refractivity contribution in [2.75, 3.05) is 13.1 Å². The van der Waals surface area contributed by atoms with E-state index in [1.165, 1.54) is 44.9 Å². The zero-order chi connectivity index (χ0) is 15.8. The standard InChI is InChI=1S/C16H37N3O2/c1-3-5-10-13-16(4-2)19(21-20-18)15-12-9-7-6-8-11-14-17/h16H,3-15,17-18H2,1-2H3. The van der Waals surface area contributed by atoms with Crippen molar-refractivity contribution < 1.29 is 9.98 Å². The average Bonchev–Trinajstić information content (AvgIpc) is 2.50. The minimum atomic E-state index is 0.400. The molecule has 0 fully saturated rings. The van der Waals surface area contributed by atoms with Crippen molar-refractivity contribution in [3.63, 3.8) is 0 Å². The predicted molar refractivity (Wildman–Crippen MR) is 88.0 cm³/mol. The molecule has 0 radical (unpaired) electrons. The molecule has 1 unspecified atom stereocenters. The van der Waals surface area contributed by atoms with Crippen LogP contribution in [0.15, 0.2) is 0 Å². The van der Waals surface area contributed by atoms with Gasteiger partial charge in [0.1, 0.15) is 0 Å². The van der Waals surface area contributed by atoms with Crippen molar-refractivity contribution in [3.05, 3.63) is 0 Å². The second-order valence-corrected chi connectivity index (χ2v) is 5.78. The second kappa shape index (κ2) is 16.2. The third kappa shape index (κ3) is 12.1. The summed E-state index contributed by atoms with van der Waals surface area (Å²) in [5.74, 6) is 5.09. The van der Waals surface area contributed by atoms with Crippen LogP contribution in [0.2, 0.25) is 0 Å². The van der Waals surface area contributed by atoms with E-state index in [9.17, 15) is 0 Å².